The number of hydrogen-bond donors (Lipinski definition) is 1. The molecular weight excluding hydrogens is 490 g/mol. The Bertz CT molecular complexity index is 1200. The minimum absolute atomic E-state index is 0.106. The fourth-order valence-electron chi connectivity index (χ4n) is 3.11. The minimum Gasteiger partial charge on any atom is -0.493 e. The standard InChI is InChI=1S/C24H22BrN3O5/c1-16-6-5-7-17(10-16)15-33-23-13-20(25)19(11-22(23)32-2)14-26-27-24(29)12-18-8-3-4-9-21(18)28(30)31/h3-11,13-14H,12,15H2,1-2H3,(H,27,29)/b26-14+. The predicted octanol–water partition coefficient (Wildman–Crippen LogP) is 4.95. The van der Waals surface area contributed by atoms with Gasteiger partial charge < -0.3 is 9.47 Å². The van der Waals surface area contributed by atoms with E-state index in [4.69, 9.17) is 9.47 Å². The number of methoxy groups -OCH3 is 1. The molecule has 3 aromatic carbocycles. The number of amides is 1. The molecule has 33 heavy (non-hydrogen) atoms. The highest BCUT2D eigenvalue weighted by atomic mass is 79.9. The van der Waals surface area contributed by atoms with Crippen LogP contribution in [0.4, 0.5) is 5.69 Å². The fraction of sp³-hybridized carbons (Fsp3) is 0.167. The van der Waals surface area contributed by atoms with E-state index >= 15 is 0 Å². The average molecular weight is 512 g/mol. The number of nitrogens with zero attached hydrogens (tertiary/aromatic N) is 2. The summed E-state index contributed by atoms with van der Waals surface area (Å²) < 4.78 is 12.1. The Morgan fingerprint density at radius 1 is 1.15 bits per heavy atom. The lowest BCUT2D eigenvalue weighted by atomic mass is 10.1. The third-order valence-electron chi connectivity index (χ3n) is 4.69. The molecule has 0 aliphatic rings. The Labute approximate surface area is 199 Å². The monoisotopic (exact) mass is 511 g/mol. The summed E-state index contributed by atoms with van der Waals surface area (Å²) in [5.41, 5.74) is 5.45. The highest BCUT2D eigenvalue weighted by Crippen LogP contribution is 2.33. The molecule has 1 N–H and O–H groups in total. The molecule has 8 nitrogen and oxygen atoms in total. The second kappa shape index (κ2) is 11.2. The van der Waals surface area contributed by atoms with E-state index in [1.165, 1.54) is 19.4 Å². The van der Waals surface area contributed by atoms with Crippen LogP contribution < -0.4 is 14.9 Å². The summed E-state index contributed by atoms with van der Waals surface area (Å²) in [7, 11) is 1.54. The van der Waals surface area contributed by atoms with Crippen molar-refractivity contribution >= 4 is 33.7 Å². The molecule has 3 aromatic rings. The summed E-state index contributed by atoms with van der Waals surface area (Å²) >= 11 is 3.48. The zero-order valence-electron chi connectivity index (χ0n) is 18.1. The Morgan fingerprint density at radius 2 is 1.94 bits per heavy atom. The van der Waals surface area contributed by atoms with Crippen molar-refractivity contribution < 1.29 is 19.2 Å². The molecule has 0 atom stereocenters. The first-order valence-electron chi connectivity index (χ1n) is 9.97. The van der Waals surface area contributed by atoms with Crippen LogP contribution in [0.2, 0.25) is 0 Å². The maximum atomic E-state index is 12.2. The van der Waals surface area contributed by atoms with Crippen LogP contribution in [0.5, 0.6) is 11.5 Å². The van der Waals surface area contributed by atoms with E-state index in [-0.39, 0.29) is 12.1 Å². The van der Waals surface area contributed by atoms with Crippen molar-refractivity contribution in [2.75, 3.05) is 7.11 Å². The zero-order chi connectivity index (χ0) is 23.8. The van der Waals surface area contributed by atoms with Crippen molar-refractivity contribution in [1.29, 1.82) is 0 Å². The maximum absolute atomic E-state index is 12.2. The first-order valence-corrected chi connectivity index (χ1v) is 10.8. The van der Waals surface area contributed by atoms with Crippen molar-refractivity contribution in [3.8, 4) is 11.5 Å². The van der Waals surface area contributed by atoms with Gasteiger partial charge >= 0.3 is 0 Å². The molecule has 0 aliphatic heterocycles. The number of hydrazone groups is 1. The SMILES string of the molecule is COc1cc(/C=N/NC(=O)Cc2ccccc2[N+](=O)[O-])c(Br)cc1OCc1cccc(C)c1. The number of hydrogen-bond acceptors (Lipinski definition) is 6. The van der Waals surface area contributed by atoms with Crippen LogP contribution in [-0.4, -0.2) is 24.2 Å². The maximum Gasteiger partial charge on any atom is 0.273 e. The lowest BCUT2D eigenvalue weighted by Gasteiger charge is -2.13. The summed E-state index contributed by atoms with van der Waals surface area (Å²) in [5, 5.41) is 15.0. The summed E-state index contributed by atoms with van der Waals surface area (Å²) in [6, 6.07) is 17.6. The van der Waals surface area contributed by atoms with E-state index in [1.54, 1.807) is 30.3 Å². The Balaban J connectivity index is 1.66. The van der Waals surface area contributed by atoms with Gasteiger partial charge in [-0.25, -0.2) is 5.43 Å². The molecule has 0 radical (unpaired) electrons. The third kappa shape index (κ3) is 6.63. The van der Waals surface area contributed by atoms with Crippen LogP contribution in [-0.2, 0) is 17.8 Å². The van der Waals surface area contributed by atoms with E-state index in [0.717, 1.165) is 11.1 Å². The number of carbonyl (C=O) groups is 1. The first kappa shape index (κ1) is 23.9. The number of benzene rings is 3. The number of nitrogens with one attached hydrogen (secondary N) is 1. The molecule has 0 bridgehead atoms. The molecule has 0 saturated carbocycles. The minimum atomic E-state index is -0.516. The largest absolute Gasteiger partial charge is 0.493 e. The summed E-state index contributed by atoms with van der Waals surface area (Å²) in [4.78, 5) is 22.8. The number of carbonyl (C=O) groups excluding carboxylic acids is 1. The predicted molar refractivity (Wildman–Crippen MR) is 129 cm³/mol. The van der Waals surface area contributed by atoms with Crippen LogP contribution in [0.1, 0.15) is 22.3 Å². The van der Waals surface area contributed by atoms with E-state index in [1.807, 2.05) is 25.1 Å². The normalized spacial score (nSPS) is 10.8. The Kier molecular flexibility index (Phi) is 8.15. The zero-order valence-corrected chi connectivity index (χ0v) is 19.7. The molecule has 0 spiro atoms. The van der Waals surface area contributed by atoms with Crippen molar-refractivity contribution in [3.05, 3.63) is 97.5 Å². The average Bonchev–Trinajstić information content (AvgIpc) is 2.79. The van der Waals surface area contributed by atoms with E-state index < -0.39 is 10.8 Å². The van der Waals surface area contributed by atoms with E-state index in [0.29, 0.717) is 33.7 Å². The molecule has 0 aromatic heterocycles. The molecule has 1 amide bonds. The van der Waals surface area contributed by atoms with Crippen molar-refractivity contribution in [2.45, 2.75) is 20.0 Å². The quantitative estimate of drug-likeness (QED) is 0.248. The number of nitro benzene ring substituents is 1. The van der Waals surface area contributed by atoms with Gasteiger partial charge in [-0.05, 0) is 40.5 Å². The van der Waals surface area contributed by atoms with Gasteiger partial charge in [-0.3, -0.25) is 14.9 Å². The van der Waals surface area contributed by atoms with Gasteiger partial charge in [0.25, 0.3) is 5.69 Å². The van der Waals surface area contributed by atoms with Crippen LogP contribution in [0.25, 0.3) is 0 Å². The Hall–Kier alpha value is -3.72. The van der Waals surface area contributed by atoms with Crippen molar-refractivity contribution in [1.82, 2.24) is 5.43 Å². The van der Waals surface area contributed by atoms with Gasteiger partial charge in [-0.1, -0.05) is 48.0 Å². The number of nitro groups is 1. The van der Waals surface area contributed by atoms with Gasteiger partial charge in [0.2, 0.25) is 5.91 Å². The van der Waals surface area contributed by atoms with Crippen molar-refractivity contribution in [2.24, 2.45) is 5.10 Å². The van der Waals surface area contributed by atoms with Gasteiger partial charge in [0, 0.05) is 21.7 Å². The van der Waals surface area contributed by atoms with Crippen LogP contribution >= 0.6 is 15.9 Å². The van der Waals surface area contributed by atoms with E-state index in [9.17, 15) is 14.9 Å². The van der Waals surface area contributed by atoms with E-state index in [2.05, 4.69) is 32.5 Å². The van der Waals surface area contributed by atoms with Crippen LogP contribution in [0.15, 0.2) is 70.2 Å². The van der Waals surface area contributed by atoms with Gasteiger partial charge in [0.15, 0.2) is 11.5 Å². The molecule has 0 fully saturated rings. The Morgan fingerprint density at radius 3 is 2.67 bits per heavy atom. The lowest BCUT2D eigenvalue weighted by molar-refractivity contribution is -0.385. The highest BCUT2D eigenvalue weighted by molar-refractivity contribution is 9.10. The number of halogens is 1. The molecule has 0 saturated heterocycles. The second-order valence-corrected chi connectivity index (χ2v) is 8.01. The highest BCUT2D eigenvalue weighted by Gasteiger charge is 2.15. The second-order valence-electron chi connectivity index (χ2n) is 7.16. The number of ether oxygens (including phenoxy) is 2. The summed E-state index contributed by atoms with van der Waals surface area (Å²) in [6.07, 6.45) is 1.29. The molecule has 0 heterocycles. The van der Waals surface area contributed by atoms with Crippen molar-refractivity contribution in [3.63, 3.8) is 0 Å². The fourth-order valence-corrected chi connectivity index (χ4v) is 3.53. The smallest absolute Gasteiger partial charge is 0.273 e. The molecule has 3 rings (SSSR count). The number of para-hydroxylation sites is 1. The third-order valence-corrected chi connectivity index (χ3v) is 5.38. The first-order chi connectivity index (χ1) is 15.9. The molecule has 9 heteroatoms. The molecule has 0 aliphatic carbocycles. The van der Waals surface area contributed by atoms with Gasteiger partial charge in [-0.15, -0.1) is 0 Å². The van der Waals surface area contributed by atoms with Gasteiger partial charge in [0.05, 0.1) is 24.7 Å². The number of aryl methyl sites for hydroxylation is 1. The molecule has 0 unspecified atom stereocenters. The molecular formula is C24H22BrN3O5. The number of rotatable bonds is 9. The van der Waals surface area contributed by atoms with Crippen LogP contribution in [0, 0.1) is 17.0 Å². The summed E-state index contributed by atoms with van der Waals surface area (Å²) in [5.74, 6) is 0.601. The topological polar surface area (TPSA) is 103 Å². The lowest BCUT2D eigenvalue weighted by Crippen LogP contribution is -2.20. The summed E-state index contributed by atoms with van der Waals surface area (Å²) in [6.45, 7) is 2.41. The van der Waals surface area contributed by atoms with Crippen LogP contribution in [0.3, 0.4) is 0 Å². The van der Waals surface area contributed by atoms with Gasteiger partial charge in [-0.2, -0.15) is 5.10 Å². The van der Waals surface area contributed by atoms with Gasteiger partial charge in [0.1, 0.15) is 6.61 Å². The molecule has 170 valence electrons.